The summed E-state index contributed by atoms with van der Waals surface area (Å²) in [5.74, 6) is 2.07. The van der Waals surface area contributed by atoms with E-state index >= 15 is 0 Å². The topological polar surface area (TPSA) is 76.2 Å². The van der Waals surface area contributed by atoms with Crippen molar-refractivity contribution in [3.63, 3.8) is 0 Å². The summed E-state index contributed by atoms with van der Waals surface area (Å²) in [5, 5.41) is 10.1. The molecule has 6 heteroatoms. The van der Waals surface area contributed by atoms with Crippen molar-refractivity contribution in [3.05, 3.63) is 35.0 Å². The number of rotatable bonds is 5. The molecule has 1 saturated carbocycles. The molecule has 24 heavy (non-hydrogen) atoms. The number of aromatic amines is 1. The van der Waals surface area contributed by atoms with E-state index in [1.165, 1.54) is 25.7 Å². The van der Waals surface area contributed by atoms with E-state index in [4.69, 9.17) is 9.47 Å². The van der Waals surface area contributed by atoms with Gasteiger partial charge in [-0.1, -0.05) is 12.8 Å². The lowest BCUT2D eigenvalue weighted by atomic mass is 10.0. The van der Waals surface area contributed by atoms with Crippen LogP contribution in [-0.2, 0) is 0 Å². The lowest BCUT2D eigenvalue weighted by Gasteiger charge is -2.12. The van der Waals surface area contributed by atoms with Gasteiger partial charge < -0.3 is 14.8 Å². The van der Waals surface area contributed by atoms with Gasteiger partial charge in [-0.25, -0.2) is 0 Å². The standard InChI is InChI=1S/C18H23N3O3/c1-11-15(23-2)8-13(9-16(11)24-3)18(22)19-17-10-14(20-21-17)12-6-4-5-7-12/h8-10,12H,4-7H2,1-3H3,(H2,19,20,21,22). The molecule has 1 heterocycles. The van der Waals surface area contributed by atoms with E-state index in [0.717, 1.165) is 11.3 Å². The number of amides is 1. The van der Waals surface area contributed by atoms with Crippen LogP contribution < -0.4 is 14.8 Å². The molecule has 0 radical (unpaired) electrons. The molecule has 3 rings (SSSR count). The van der Waals surface area contributed by atoms with Gasteiger partial charge in [-0.05, 0) is 31.9 Å². The van der Waals surface area contributed by atoms with Crippen molar-refractivity contribution in [2.24, 2.45) is 0 Å². The average molecular weight is 329 g/mol. The van der Waals surface area contributed by atoms with Crippen LogP contribution in [0, 0.1) is 6.92 Å². The molecular formula is C18H23N3O3. The van der Waals surface area contributed by atoms with Crippen LogP contribution in [0.5, 0.6) is 11.5 Å². The molecule has 1 aromatic heterocycles. The largest absolute Gasteiger partial charge is 0.496 e. The number of hydrogen-bond acceptors (Lipinski definition) is 4. The first-order chi connectivity index (χ1) is 11.6. The van der Waals surface area contributed by atoms with Crippen molar-refractivity contribution in [1.29, 1.82) is 0 Å². The van der Waals surface area contributed by atoms with Gasteiger partial charge in [-0.2, -0.15) is 5.10 Å². The maximum atomic E-state index is 12.5. The minimum Gasteiger partial charge on any atom is -0.496 e. The average Bonchev–Trinajstić information content (AvgIpc) is 3.26. The smallest absolute Gasteiger partial charge is 0.257 e. The predicted molar refractivity (Wildman–Crippen MR) is 92.0 cm³/mol. The summed E-state index contributed by atoms with van der Waals surface area (Å²) in [6.45, 7) is 1.89. The molecule has 0 unspecified atom stereocenters. The molecule has 1 aromatic carbocycles. The van der Waals surface area contributed by atoms with Crippen LogP contribution in [0.15, 0.2) is 18.2 Å². The molecule has 0 bridgehead atoms. The highest BCUT2D eigenvalue weighted by Gasteiger charge is 2.20. The van der Waals surface area contributed by atoms with Gasteiger partial charge in [-0.3, -0.25) is 9.89 Å². The third-order valence-electron chi connectivity index (χ3n) is 4.65. The fourth-order valence-electron chi connectivity index (χ4n) is 3.25. The van der Waals surface area contributed by atoms with Crippen molar-refractivity contribution >= 4 is 11.7 Å². The number of anilines is 1. The van der Waals surface area contributed by atoms with Crippen molar-refractivity contribution < 1.29 is 14.3 Å². The zero-order chi connectivity index (χ0) is 17.1. The molecule has 128 valence electrons. The molecular weight excluding hydrogens is 306 g/mol. The third-order valence-corrected chi connectivity index (χ3v) is 4.65. The van der Waals surface area contributed by atoms with Crippen LogP contribution in [0.3, 0.4) is 0 Å². The summed E-state index contributed by atoms with van der Waals surface area (Å²) in [5.41, 5.74) is 2.43. The van der Waals surface area contributed by atoms with Crippen LogP contribution in [0.25, 0.3) is 0 Å². The third kappa shape index (κ3) is 3.22. The fourth-order valence-corrected chi connectivity index (χ4v) is 3.25. The van der Waals surface area contributed by atoms with Gasteiger partial charge in [-0.15, -0.1) is 0 Å². The highest BCUT2D eigenvalue weighted by molar-refractivity contribution is 6.04. The Morgan fingerprint density at radius 3 is 2.38 bits per heavy atom. The number of H-pyrrole nitrogens is 1. The highest BCUT2D eigenvalue weighted by atomic mass is 16.5. The second-order valence-electron chi connectivity index (χ2n) is 6.15. The normalized spacial score (nSPS) is 14.6. The molecule has 6 nitrogen and oxygen atoms in total. The Bertz CT molecular complexity index is 708. The monoisotopic (exact) mass is 329 g/mol. The minimum absolute atomic E-state index is 0.240. The Kier molecular flexibility index (Phi) is 4.74. The van der Waals surface area contributed by atoms with Gasteiger partial charge in [0, 0.05) is 28.8 Å². The van der Waals surface area contributed by atoms with Gasteiger partial charge in [0.05, 0.1) is 14.2 Å². The molecule has 0 atom stereocenters. The molecule has 0 spiro atoms. The Labute approximate surface area is 141 Å². The number of nitrogens with zero attached hydrogens (tertiary/aromatic N) is 1. The molecule has 0 aliphatic heterocycles. The SMILES string of the molecule is COc1cc(C(=O)Nc2cc(C3CCCC3)[nH]n2)cc(OC)c1C. The van der Waals surface area contributed by atoms with Crippen LogP contribution in [-0.4, -0.2) is 30.3 Å². The predicted octanol–water partition coefficient (Wildman–Crippen LogP) is 3.65. The number of carbonyl (C=O) groups is 1. The summed E-state index contributed by atoms with van der Waals surface area (Å²) >= 11 is 0. The molecule has 1 aliphatic carbocycles. The van der Waals surface area contributed by atoms with E-state index < -0.39 is 0 Å². The Hall–Kier alpha value is -2.50. The quantitative estimate of drug-likeness (QED) is 0.878. The number of benzene rings is 1. The number of ether oxygens (including phenoxy) is 2. The fraction of sp³-hybridized carbons (Fsp3) is 0.444. The van der Waals surface area contributed by atoms with Crippen molar-refractivity contribution in [2.45, 2.75) is 38.5 Å². The summed E-state index contributed by atoms with van der Waals surface area (Å²) < 4.78 is 10.6. The zero-order valence-electron chi connectivity index (χ0n) is 14.3. The van der Waals surface area contributed by atoms with E-state index in [2.05, 4.69) is 15.5 Å². The van der Waals surface area contributed by atoms with Gasteiger partial charge in [0.2, 0.25) is 0 Å². The van der Waals surface area contributed by atoms with Crippen LogP contribution in [0.1, 0.15) is 53.2 Å². The van der Waals surface area contributed by atoms with E-state index in [0.29, 0.717) is 28.8 Å². The summed E-state index contributed by atoms with van der Waals surface area (Å²) in [6, 6.07) is 5.34. The highest BCUT2D eigenvalue weighted by Crippen LogP contribution is 2.34. The first-order valence-corrected chi connectivity index (χ1v) is 8.21. The van der Waals surface area contributed by atoms with Gasteiger partial charge in [0.15, 0.2) is 5.82 Å². The van der Waals surface area contributed by atoms with Crippen LogP contribution >= 0.6 is 0 Å². The van der Waals surface area contributed by atoms with Gasteiger partial charge >= 0.3 is 0 Å². The minimum atomic E-state index is -0.240. The second kappa shape index (κ2) is 6.95. The lowest BCUT2D eigenvalue weighted by Crippen LogP contribution is -2.13. The first kappa shape index (κ1) is 16.4. The zero-order valence-corrected chi connectivity index (χ0v) is 14.3. The maximum absolute atomic E-state index is 12.5. The molecule has 1 aliphatic rings. The summed E-state index contributed by atoms with van der Waals surface area (Å²) in [7, 11) is 3.15. The second-order valence-corrected chi connectivity index (χ2v) is 6.15. The Morgan fingerprint density at radius 2 is 1.79 bits per heavy atom. The Balaban J connectivity index is 1.77. The van der Waals surface area contributed by atoms with Crippen LogP contribution in [0.4, 0.5) is 5.82 Å². The lowest BCUT2D eigenvalue weighted by molar-refractivity contribution is 0.102. The summed E-state index contributed by atoms with van der Waals surface area (Å²) in [4.78, 5) is 12.5. The number of nitrogens with one attached hydrogen (secondary N) is 2. The number of aromatic nitrogens is 2. The van der Waals surface area contributed by atoms with E-state index in [9.17, 15) is 4.79 Å². The first-order valence-electron chi connectivity index (χ1n) is 8.21. The van der Waals surface area contributed by atoms with Crippen molar-refractivity contribution in [3.8, 4) is 11.5 Å². The van der Waals surface area contributed by atoms with Gasteiger partial charge in [0.25, 0.3) is 5.91 Å². The molecule has 0 saturated heterocycles. The molecule has 1 fully saturated rings. The summed E-state index contributed by atoms with van der Waals surface area (Å²) in [6.07, 6.45) is 4.88. The van der Waals surface area contributed by atoms with Gasteiger partial charge in [0.1, 0.15) is 11.5 Å². The van der Waals surface area contributed by atoms with E-state index in [1.54, 1.807) is 26.4 Å². The molecule has 2 N–H and O–H groups in total. The molecule has 1 amide bonds. The number of hydrogen-bond donors (Lipinski definition) is 2. The number of methoxy groups -OCH3 is 2. The Morgan fingerprint density at radius 1 is 1.17 bits per heavy atom. The van der Waals surface area contributed by atoms with Crippen molar-refractivity contribution in [2.75, 3.05) is 19.5 Å². The maximum Gasteiger partial charge on any atom is 0.257 e. The molecule has 2 aromatic rings. The van der Waals surface area contributed by atoms with E-state index in [1.807, 2.05) is 13.0 Å². The van der Waals surface area contributed by atoms with E-state index in [-0.39, 0.29) is 5.91 Å². The number of carbonyl (C=O) groups excluding carboxylic acids is 1. The van der Waals surface area contributed by atoms with Crippen LogP contribution in [0.2, 0.25) is 0 Å². The van der Waals surface area contributed by atoms with Crippen molar-refractivity contribution in [1.82, 2.24) is 10.2 Å².